The molecular formula is C11H21NO. The molecule has 2 nitrogen and oxygen atoms in total. The van der Waals surface area contributed by atoms with Gasteiger partial charge in [-0.15, -0.1) is 0 Å². The first kappa shape index (κ1) is 9.47. The maximum Gasteiger partial charge on any atom is 0.0436 e. The highest BCUT2D eigenvalue weighted by atomic mass is 16.3. The molecule has 13 heavy (non-hydrogen) atoms. The monoisotopic (exact) mass is 183 g/mol. The van der Waals surface area contributed by atoms with Crippen LogP contribution in [0.1, 0.15) is 39.0 Å². The van der Waals surface area contributed by atoms with Crippen LogP contribution >= 0.6 is 0 Å². The summed E-state index contributed by atoms with van der Waals surface area (Å²) in [6, 6.07) is 0.788. The van der Waals surface area contributed by atoms with Gasteiger partial charge >= 0.3 is 0 Å². The second-order valence-corrected chi connectivity index (χ2v) is 4.94. The van der Waals surface area contributed by atoms with Gasteiger partial charge in [0.05, 0.1) is 0 Å². The standard InChI is InChI=1S/C11H21NO/c1-10-3-2-7-12(10)9-11(4-5-11)6-8-13/h10,13H,2-9H2,1H3. The third kappa shape index (κ3) is 2.05. The Morgan fingerprint density at radius 1 is 1.46 bits per heavy atom. The number of hydrogen-bond donors (Lipinski definition) is 1. The largest absolute Gasteiger partial charge is 0.396 e. The first-order valence-corrected chi connectivity index (χ1v) is 5.61. The highest BCUT2D eigenvalue weighted by molar-refractivity contribution is 4.96. The van der Waals surface area contributed by atoms with Gasteiger partial charge in [-0.1, -0.05) is 0 Å². The van der Waals surface area contributed by atoms with Crippen molar-refractivity contribution in [2.24, 2.45) is 5.41 Å². The zero-order valence-corrected chi connectivity index (χ0v) is 8.63. The molecule has 1 unspecified atom stereocenters. The molecule has 0 aromatic rings. The number of aliphatic hydroxyl groups excluding tert-OH is 1. The van der Waals surface area contributed by atoms with Crippen LogP contribution in [0.15, 0.2) is 0 Å². The van der Waals surface area contributed by atoms with E-state index in [9.17, 15) is 0 Å². The van der Waals surface area contributed by atoms with Crippen LogP contribution < -0.4 is 0 Å². The molecule has 0 aromatic carbocycles. The van der Waals surface area contributed by atoms with Crippen molar-refractivity contribution in [2.45, 2.75) is 45.1 Å². The molecule has 76 valence electrons. The third-order valence-corrected chi connectivity index (χ3v) is 3.83. The molecule has 0 amide bonds. The van der Waals surface area contributed by atoms with Gasteiger partial charge in [-0.05, 0) is 51.0 Å². The quantitative estimate of drug-likeness (QED) is 0.716. The van der Waals surface area contributed by atoms with E-state index in [1.54, 1.807) is 0 Å². The Hall–Kier alpha value is -0.0800. The molecule has 1 N–H and O–H groups in total. The lowest BCUT2D eigenvalue weighted by Gasteiger charge is -2.26. The maximum absolute atomic E-state index is 8.96. The Bertz CT molecular complexity index is 177. The molecule has 1 heterocycles. The van der Waals surface area contributed by atoms with Crippen LogP contribution in [-0.4, -0.2) is 35.7 Å². The van der Waals surface area contributed by atoms with E-state index in [0.717, 1.165) is 12.5 Å². The molecule has 2 heteroatoms. The molecule has 1 atom stereocenters. The molecule has 2 fully saturated rings. The van der Waals surface area contributed by atoms with Gasteiger partial charge in [0.2, 0.25) is 0 Å². The van der Waals surface area contributed by atoms with E-state index in [4.69, 9.17) is 5.11 Å². The Morgan fingerprint density at radius 3 is 2.69 bits per heavy atom. The van der Waals surface area contributed by atoms with Crippen LogP contribution in [0.25, 0.3) is 0 Å². The first-order valence-electron chi connectivity index (χ1n) is 5.61. The summed E-state index contributed by atoms with van der Waals surface area (Å²) in [6.45, 7) is 5.24. The molecule has 0 aromatic heterocycles. The van der Waals surface area contributed by atoms with Gasteiger partial charge in [0, 0.05) is 19.2 Å². The Morgan fingerprint density at radius 2 is 2.23 bits per heavy atom. The van der Waals surface area contributed by atoms with Crippen molar-refractivity contribution < 1.29 is 5.11 Å². The third-order valence-electron chi connectivity index (χ3n) is 3.83. The Kier molecular flexibility index (Phi) is 2.61. The van der Waals surface area contributed by atoms with Gasteiger partial charge in [0.25, 0.3) is 0 Å². The number of likely N-dealkylation sites (tertiary alicyclic amines) is 1. The molecule has 0 spiro atoms. The van der Waals surface area contributed by atoms with Crippen molar-refractivity contribution >= 4 is 0 Å². The molecule has 2 aliphatic rings. The normalized spacial score (nSPS) is 32.3. The number of nitrogens with zero attached hydrogens (tertiary/aromatic N) is 1. The van der Waals surface area contributed by atoms with Crippen LogP contribution in [0.2, 0.25) is 0 Å². The lowest BCUT2D eigenvalue weighted by atomic mass is 10.0. The molecule has 1 saturated carbocycles. The summed E-state index contributed by atoms with van der Waals surface area (Å²) >= 11 is 0. The maximum atomic E-state index is 8.96. The average Bonchev–Trinajstić information content (AvgIpc) is 2.73. The van der Waals surface area contributed by atoms with Crippen molar-refractivity contribution in [3.05, 3.63) is 0 Å². The van der Waals surface area contributed by atoms with Crippen molar-refractivity contribution in [3.63, 3.8) is 0 Å². The Balaban J connectivity index is 1.83. The van der Waals surface area contributed by atoms with Crippen LogP contribution in [0.4, 0.5) is 0 Å². The highest BCUT2D eigenvalue weighted by Crippen LogP contribution is 2.49. The molecule has 1 aliphatic heterocycles. The van der Waals surface area contributed by atoms with Crippen LogP contribution in [0.5, 0.6) is 0 Å². The minimum Gasteiger partial charge on any atom is -0.396 e. The van der Waals surface area contributed by atoms with E-state index < -0.39 is 0 Å². The van der Waals surface area contributed by atoms with Gasteiger partial charge in [-0.2, -0.15) is 0 Å². The summed E-state index contributed by atoms with van der Waals surface area (Å²) in [7, 11) is 0. The van der Waals surface area contributed by atoms with E-state index in [-0.39, 0.29) is 0 Å². The fraction of sp³-hybridized carbons (Fsp3) is 1.00. The van der Waals surface area contributed by atoms with Crippen molar-refractivity contribution in [1.82, 2.24) is 4.90 Å². The summed E-state index contributed by atoms with van der Waals surface area (Å²) in [5, 5.41) is 8.96. The lowest BCUT2D eigenvalue weighted by molar-refractivity contribution is 0.177. The van der Waals surface area contributed by atoms with Crippen molar-refractivity contribution in [1.29, 1.82) is 0 Å². The van der Waals surface area contributed by atoms with Gasteiger partial charge in [0.1, 0.15) is 0 Å². The first-order chi connectivity index (χ1) is 6.26. The zero-order chi connectivity index (χ0) is 9.31. The number of hydrogen-bond acceptors (Lipinski definition) is 2. The highest BCUT2D eigenvalue weighted by Gasteiger charge is 2.44. The summed E-state index contributed by atoms with van der Waals surface area (Å²) in [5.41, 5.74) is 0.521. The van der Waals surface area contributed by atoms with E-state index in [0.29, 0.717) is 12.0 Å². The van der Waals surface area contributed by atoms with E-state index in [1.807, 2.05) is 0 Å². The second-order valence-electron chi connectivity index (χ2n) is 4.94. The fourth-order valence-electron chi connectivity index (χ4n) is 2.56. The van der Waals surface area contributed by atoms with Crippen LogP contribution in [0, 0.1) is 5.41 Å². The van der Waals surface area contributed by atoms with E-state index in [1.165, 1.54) is 38.8 Å². The Labute approximate surface area is 80.9 Å². The summed E-state index contributed by atoms with van der Waals surface area (Å²) in [6.07, 6.45) is 6.45. The summed E-state index contributed by atoms with van der Waals surface area (Å²) in [5.74, 6) is 0. The van der Waals surface area contributed by atoms with Crippen molar-refractivity contribution in [2.75, 3.05) is 19.7 Å². The summed E-state index contributed by atoms with van der Waals surface area (Å²) in [4.78, 5) is 2.61. The van der Waals surface area contributed by atoms with Gasteiger partial charge in [-0.3, -0.25) is 0 Å². The van der Waals surface area contributed by atoms with Gasteiger partial charge in [-0.25, -0.2) is 0 Å². The average molecular weight is 183 g/mol. The smallest absolute Gasteiger partial charge is 0.0436 e. The predicted octanol–water partition coefficient (Wildman–Crippen LogP) is 1.63. The van der Waals surface area contributed by atoms with E-state index in [2.05, 4.69) is 11.8 Å². The second kappa shape index (κ2) is 3.58. The lowest BCUT2D eigenvalue weighted by Crippen LogP contribution is -2.33. The number of rotatable bonds is 4. The zero-order valence-electron chi connectivity index (χ0n) is 8.63. The molecule has 0 radical (unpaired) electrons. The summed E-state index contributed by atoms with van der Waals surface area (Å²) < 4.78 is 0. The molecule has 1 aliphatic carbocycles. The van der Waals surface area contributed by atoms with Crippen molar-refractivity contribution in [3.8, 4) is 0 Å². The molecule has 2 rings (SSSR count). The van der Waals surface area contributed by atoms with E-state index >= 15 is 0 Å². The molecular weight excluding hydrogens is 162 g/mol. The SMILES string of the molecule is CC1CCCN1CC1(CCO)CC1. The minimum absolute atomic E-state index is 0.377. The van der Waals surface area contributed by atoms with Crippen LogP contribution in [-0.2, 0) is 0 Å². The van der Waals surface area contributed by atoms with Crippen LogP contribution in [0.3, 0.4) is 0 Å². The predicted molar refractivity (Wildman–Crippen MR) is 53.6 cm³/mol. The van der Waals surface area contributed by atoms with Gasteiger partial charge < -0.3 is 10.0 Å². The molecule has 0 bridgehead atoms. The minimum atomic E-state index is 0.377. The number of aliphatic hydroxyl groups is 1. The van der Waals surface area contributed by atoms with Gasteiger partial charge in [0.15, 0.2) is 0 Å². The fourth-order valence-corrected chi connectivity index (χ4v) is 2.56. The molecule has 1 saturated heterocycles. The topological polar surface area (TPSA) is 23.5 Å².